The first-order valence-electron chi connectivity index (χ1n) is 16.4. The number of unbranched alkanes of at least 4 members (excludes halogenated alkanes) is 13. The van der Waals surface area contributed by atoms with Crippen LogP contribution in [0.25, 0.3) is 11.3 Å². The standard InChI is InChI=1S/C33H51N2O7PS/c1-2-3-4-5-6-7-8-9-10-11-12-13-14-18-23-38-27-30(28-40-43(36,37)39-24-21-33-34-22-25-44-33)41-32-26-31(42-35-32)29-19-16-15-17-20-29/h15-17,19-20,22,25-26,30H,2-14,18,21,23-24,27-28H2,1H3,(H,36,37). The lowest BCUT2D eigenvalue weighted by Crippen LogP contribution is -2.30. The summed E-state index contributed by atoms with van der Waals surface area (Å²) in [5.41, 5.74) is 0.858. The highest BCUT2D eigenvalue weighted by atomic mass is 32.1. The molecule has 44 heavy (non-hydrogen) atoms. The van der Waals surface area contributed by atoms with Crippen LogP contribution in [0.1, 0.15) is 102 Å². The van der Waals surface area contributed by atoms with Crippen molar-refractivity contribution >= 4 is 19.2 Å². The van der Waals surface area contributed by atoms with Gasteiger partial charge in [0.1, 0.15) is 6.10 Å². The minimum atomic E-state index is -4.53. The molecular weight excluding hydrogens is 599 g/mol. The first-order valence-corrected chi connectivity index (χ1v) is 18.7. The van der Waals surface area contributed by atoms with Crippen LogP contribution in [0.15, 0.2) is 52.5 Å². The summed E-state index contributed by atoms with van der Waals surface area (Å²) in [6.07, 6.45) is 19.6. The number of phosphoric ester groups is 1. The molecule has 246 valence electrons. The van der Waals surface area contributed by atoms with Crippen LogP contribution in [0.2, 0.25) is 0 Å². The van der Waals surface area contributed by atoms with Gasteiger partial charge in [0.2, 0.25) is 5.01 Å². The van der Waals surface area contributed by atoms with Crippen LogP contribution in [0.4, 0.5) is 0 Å². The van der Waals surface area contributed by atoms with Crippen molar-refractivity contribution in [1.82, 2.24) is 5.16 Å². The van der Waals surface area contributed by atoms with E-state index >= 15 is 0 Å². The predicted molar refractivity (Wildman–Crippen MR) is 172 cm³/mol. The zero-order chi connectivity index (χ0) is 31.1. The monoisotopic (exact) mass is 650 g/mol. The van der Waals surface area contributed by atoms with Crippen LogP contribution in [0.3, 0.4) is 0 Å². The fraction of sp³-hybridized carbons (Fsp3) is 0.636. The summed E-state index contributed by atoms with van der Waals surface area (Å²) < 4.78 is 39.8. The van der Waals surface area contributed by atoms with E-state index in [0.717, 1.165) is 23.4 Å². The molecule has 0 aliphatic rings. The lowest BCUT2D eigenvalue weighted by Gasteiger charge is -2.25. The summed E-state index contributed by atoms with van der Waals surface area (Å²) in [4.78, 5) is 15.4. The number of nitrogens with one attached hydrogen (secondary N) is 1. The Labute approximate surface area is 267 Å². The van der Waals surface area contributed by atoms with Crippen molar-refractivity contribution in [3.05, 3.63) is 53.0 Å². The normalized spacial score (nSPS) is 13.6. The van der Waals surface area contributed by atoms with Gasteiger partial charge in [-0.25, -0.2) is 4.98 Å². The topological polar surface area (TPSA) is 117 Å². The Hall–Kier alpha value is -2.07. The van der Waals surface area contributed by atoms with Gasteiger partial charge in [-0.1, -0.05) is 132 Å². The molecule has 1 aromatic carbocycles. The minimum absolute atomic E-state index is 0.0112. The molecule has 11 heteroatoms. The largest absolute Gasteiger partial charge is 0.756 e. The average molecular weight is 651 g/mol. The fourth-order valence-electron chi connectivity index (χ4n) is 4.82. The van der Waals surface area contributed by atoms with E-state index in [1.807, 2.05) is 35.7 Å². The molecular formula is C33H51N2O7PS. The van der Waals surface area contributed by atoms with E-state index in [0.29, 0.717) is 18.8 Å². The number of hydrogen-bond acceptors (Lipinski definition) is 9. The van der Waals surface area contributed by atoms with Crippen molar-refractivity contribution in [2.45, 2.75) is 109 Å². The Morgan fingerprint density at radius 2 is 1.55 bits per heavy atom. The maximum Gasteiger partial charge on any atom is 0.268 e. The van der Waals surface area contributed by atoms with Gasteiger partial charge in [-0.05, 0) is 11.6 Å². The number of nitrogens with zero attached hydrogens (tertiary/aromatic N) is 1. The quantitative estimate of drug-likeness (QED) is 0.0599. The molecule has 0 bridgehead atoms. The van der Waals surface area contributed by atoms with Gasteiger partial charge in [-0.2, -0.15) is 0 Å². The third-order valence-corrected chi connectivity index (χ3v) is 9.14. The highest BCUT2D eigenvalue weighted by Crippen LogP contribution is 2.38. The number of hydrogen-bond donors (Lipinski definition) is 0. The van der Waals surface area contributed by atoms with Crippen LogP contribution in [-0.2, 0) is 24.8 Å². The molecule has 0 aliphatic heterocycles. The van der Waals surface area contributed by atoms with Crippen molar-refractivity contribution in [2.24, 2.45) is 0 Å². The fourth-order valence-corrected chi connectivity index (χ4v) is 6.20. The van der Waals surface area contributed by atoms with Crippen LogP contribution in [0.5, 0.6) is 5.88 Å². The number of aromatic nitrogens is 2. The van der Waals surface area contributed by atoms with Gasteiger partial charge >= 0.3 is 0 Å². The first-order chi connectivity index (χ1) is 21.6. The second-order valence-electron chi connectivity index (χ2n) is 11.1. The van der Waals surface area contributed by atoms with E-state index in [-0.39, 0.29) is 25.7 Å². The molecule has 0 saturated carbocycles. The number of rotatable bonds is 27. The number of H-pyrrole nitrogens is 1. The van der Waals surface area contributed by atoms with E-state index in [4.69, 9.17) is 23.0 Å². The molecule has 3 rings (SSSR count). The zero-order valence-electron chi connectivity index (χ0n) is 26.3. The summed E-state index contributed by atoms with van der Waals surface area (Å²) in [6, 6.07) is 11.2. The Kier molecular flexibility index (Phi) is 18.6. The summed E-state index contributed by atoms with van der Waals surface area (Å²) in [5, 5.41) is 6.80. The van der Waals surface area contributed by atoms with Crippen molar-refractivity contribution in [1.29, 1.82) is 0 Å². The molecule has 0 amide bonds. The maximum absolute atomic E-state index is 12.4. The lowest BCUT2D eigenvalue weighted by molar-refractivity contribution is -0.382. The summed E-state index contributed by atoms with van der Waals surface area (Å²) in [6.45, 7) is 2.70. The van der Waals surface area contributed by atoms with Gasteiger partial charge in [0.05, 0.1) is 31.6 Å². The zero-order valence-corrected chi connectivity index (χ0v) is 28.0. The molecule has 3 aromatic rings. The van der Waals surface area contributed by atoms with Crippen molar-refractivity contribution in [3.63, 3.8) is 0 Å². The average Bonchev–Trinajstić information content (AvgIpc) is 3.73. The Bertz CT molecular complexity index is 1150. The van der Waals surface area contributed by atoms with E-state index in [1.165, 1.54) is 88.4 Å². The summed E-state index contributed by atoms with van der Waals surface area (Å²) in [7, 11) is -4.53. The van der Waals surface area contributed by atoms with Crippen LogP contribution >= 0.6 is 19.2 Å². The van der Waals surface area contributed by atoms with Crippen molar-refractivity contribution in [3.8, 4) is 17.2 Å². The Balaban J connectivity index is 1.32. The van der Waals surface area contributed by atoms with E-state index in [2.05, 4.69) is 17.1 Å². The number of phosphoric acid groups is 1. The van der Waals surface area contributed by atoms with Gasteiger partial charge in [-0.15, -0.1) is 0 Å². The van der Waals surface area contributed by atoms with Gasteiger partial charge in [-0.3, -0.25) is 4.57 Å². The molecule has 2 atom stereocenters. The lowest BCUT2D eigenvalue weighted by atomic mass is 10.0. The SMILES string of the molecule is CCCCCCCCCCCCCCCCOCC(COP(=O)([O-])OCCc1[nH+]ccs1)Oc1cc(-c2ccccc2)on1. The molecule has 2 heterocycles. The van der Waals surface area contributed by atoms with Crippen molar-refractivity contribution in [2.75, 3.05) is 26.4 Å². The second kappa shape index (κ2) is 22.4. The van der Waals surface area contributed by atoms with Crippen molar-refractivity contribution < 1.29 is 37.5 Å². The van der Waals surface area contributed by atoms with E-state index < -0.39 is 13.9 Å². The number of benzene rings is 1. The maximum atomic E-state index is 12.4. The molecule has 1 N–H and O–H groups in total. The summed E-state index contributed by atoms with van der Waals surface area (Å²) >= 11 is 1.50. The predicted octanol–water partition coefficient (Wildman–Crippen LogP) is 8.21. The highest BCUT2D eigenvalue weighted by molar-refractivity contribution is 7.45. The Morgan fingerprint density at radius 3 is 2.18 bits per heavy atom. The summed E-state index contributed by atoms with van der Waals surface area (Å²) in [5.74, 6) is 0.777. The Morgan fingerprint density at radius 1 is 0.886 bits per heavy atom. The molecule has 9 nitrogen and oxygen atoms in total. The number of thiazole rings is 1. The minimum Gasteiger partial charge on any atom is -0.756 e. The van der Waals surface area contributed by atoms with Crippen LogP contribution < -0.4 is 14.6 Å². The third-order valence-electron chi connectivity index (χ3n) is 7.30. The molecule has 2 unspecified atom stereocenters. The van der Waals surface area contributed by atoms with Gasteiger partial charge in [0.25, 0.3) is 13.7 Å². The van der Waals surface area contributed by atoms with E-state index in [1.54, 1.807) is 12.3 Å². The smallest absolute Gasteiger partial charge is 0.268 e. The molecule has 0 aliphatic carbocycles. The molecule has 0 fully saturated rings. The molecule has 0 radical (unpaired) electrons. The van der Waals surface area contributed by atoms with E-state index in [9.17, 15) is 9.46 Å². The van der Waals surface area contributed by atoms with Gasteiger partial charge in [0.15, 0.2) is 12.0 Å². The highest BCUT2D eigenvalue weighted by Gasteiger charge is 2.20. The molecule has 0 saturated heterocycles. The van der Waals surface area contributed by atoms with Crippen LogP contribution in [-0.4, -0.2) is 37.7 Å². The third kappa shape index (κ3) is 16.3. The number of aromatic amines is 1. The van der Waals surface area contributed by atoms with Crippen LogP contribution in [0, 0.1) is 0 Å². The molecule has 2 aromatic heterocycles. The first kappa shape index (κ1) is 36.4. The second-order valence-corrected chi connectivity index (χ2v) is 13.5. The van der Waals surface area contributed by atoms with Gasteiger partial charge in [0, 0.05) is 18.2 Å². The molecule has 0 spiro atoms. The van der Waals surface area contributed by atoms with Gasteiger partial charge < -0.3 is 27.9 Å². The number of ether oxygens (including phenoxy) is 2.